The number of fused-ring (bicyclic) bond motifs is 2. The fraction of sp³-hybridized carbons (Fsp3) is 0.286. The lowest BCUT2D eigenvalue weighted by Crippen LogP contribution is -2.29. The molecule has 6 rings (SSSR count). The molecule has 216 valence electrons. The van der Waals surface area contributed by atoms with Crippen molar-refractivity contribution in [3.63, 3.8) is 0 Å². The maximum Gasteiger partial charge on any atom is 0.281 e. The Labute approximate surface area is 250 Å². The lowest BCUT2D eigenvalue weighted by molar-refractivity contribution is 0.0980. The summed E-state index contributed by atoms with van der Waals surface area (Å²) in [6, 6.07) is 6.91. The molecule has 42 heavy (non-hydrogen) atoms. The van der Waals surface area contributed by atoms with Gasteiger partial charge in [0.2, 0.25) is 5.95 Å². The molecule has 2 N–H and O–H groups in total. The molecule has 0 fully saturated rings. The first-order valence-electron chi connectivity index (χ1n) is 13.2. The van der Waals surface area contributed by atoms with E-state index in [2.05, 4.69) is 25.0 Å². The van der Waals surface area contributed by atoms with Crippen LogP contribution in [0.1, 0.15) is 45.8 Å². The molecule has 0 spiro atoms. The number of carbonyl (C=O) groups excluding carboxylic acids is 1. The van der Waals surface area contributed by atoms with Gasteiger partial charge in [-0.05, 0) is 37.6 Å². The van der Waals surface area contributed by atoms with Gasteiger partial charge in [-0.15, -0.1) is 0 Å². The Morgan fingerprint density at radius 1 is 1.14 bits per heavy atom. The fourth-order valence-corrected chi connectivity index (χ4v) is 5.71. The van der Waals surface area contributed by atoms with Crippen LogP contribution >= 0.6 is 23.5 Å². The minimum atomic E-state index is -0.359. The number of halogens is 1. The minimum absolute atomic E-state index is 0.134. The van der Waals surface area contributed by atoms with Gasteiger partial charge in [0.15, 0.2) is 5.69 Å². The number of aromatic nitrogens is 7. The van der Waals surface area contributed by atoms with Crippen LogP contribution in [0.25, 0.3) is 16.6 Å². The number of carbonyl (C=O) groups is 1. The summed E-state index contributed by atoms with van der Waals surface area (Å²) in [6.45, 7) is 5.00. The zero-order valence-electron chi connectivity index (χ0n) is 23.7. The SMILES string of the molecule is CSNC(=O)c1nc(Cl)ccc1NC(C)c1cc(C)cc2c(=O)n(C)c(N3Cc4cn(-c5cnn(C)c5)nc4C3)nc12. The number of nitrogens with zero attached hydrogens (tertiary/aromatic N) is 8. The highest BCUT2D eigenvalue weighted by molar-refractivity contribution is 7.97. The van der Waals surface area contributed by atoms with Crippen molar-refractivity contribution < 1.29 is 4.79 Å². The van der Waals surface area contributed by atoms with E-state index < -0.39 is 0 Å². The molecule has 0 bridgehead atoms. The van der Waals surface area contributed by atoms with E-state index in [1.165, 1.54) is 11.9 Å². The van der Waals surface area contributed by atoms with Crippen LogP contribution in [0.15, 0.2) is 47.7 Å². The lowest BCUT2D eigenvalue weighted by atomic mass is 10.0. The third-order valence-corrected chi connectivity index (χ3v) is 7.86. The molecule has 0 saturated heterocycles. The van der Waals surface area contributed by atoms with E-state index in [-0.39, 0.29) is 28.4 Å². The quantitative estimate of drug-likeness (QED) is 0.210. The molecule has 0 saturated carbocycles. The van der Waals surface area contributed by atoms with Crippen LogP contribution in [0, 0.1) is 6.92 Å². The topological polar surface area (TPSA) is 128 Å². The van der Waals surface area contributed by atoms with Crippen molar-refractivity contribution in [1.29, 1.82) is 0 Å². The van der Waals surface area contributed by atoms with Gasteiger partial charge in [0, 0.05) is 44.2 Å². The monoisotopic (exact) mass is 604 g/mol. The second kappa shape index (κ2) is 10.8. The Hall–Kier alpha value is -4.36. The number of rotatable bonds is 7. The zero-order valence-corrected chi connectivity index (χ0v) is 25.3. The van der Waals surface area contributed by atoms with E-state index >= 15 is 0 Å². The highest BCUT2D eigenvalue weighted by atomic mass is 35.5. The minimum Gasteiger partial charge on any atom is -0.377 e. The fourth-order valence-electron chi connectivity index (χ4n) is 5.28. The van der Waals surface area contributed by atoms with Crippen LogP contribution in [0.4, 0.5) is 11.6 Å². The first-order valence-corrected chi connectivity index (χ1v) is 14.8. The molecule has 1 atom stereocenters. The van der Waals surface area contributed by atoms with E-state index in [1.807, 2.05) is 50.1 Å². The Morgan fingerprint density at radius 2 is 1.95 bits per heavy atom. The highest BCUT2D eigenvalue weighted by Gasteiger charge is 2.28. The molecule has 12 nitrogen and oxygen atoms in total. The van der Waals surface area contributed by atoms with Gasteiger partial charge in [0.1, 0.15) is 10.8 Å². The lowest BCUT2D eigenvalue weighted by Gasteiger charge is -2.23. The maximum atomic E-state index is 13.7. The third-order valence-electron chi connectivity index (χ3n) is 7.26. The van der Waals surface area contributed by atoms with Gasteiger partial charge in [-0.3, -0.25) is 23.6 Å². The second-order valence-corrected chi connectivity index (χ2v) is 11.3. The van der Waals surface area contributed by atoms with Gasteiger partial charge < -0.3 is 10.2 Å². The van der Waals surface area contributed by atoms with E-state index in [1.54, 1.807) is 40.9 Å². The van der Waals surface area contributed by atoms with Crippen LogP contribution in [0.5, 0.6) is 0 Å². The molecule has 5 heterocycles. The van der Waals surface area contributed by atoms with E-state index in [0.717, 1.165) is 28.1 Å². The van der Waals surface area contributed by atoms with Crippen LogP contribution in [-0.4, -0.2) is 46.3 Å². The van der Waals surface area contributed by atoms with Crippen molar-refractivity contribution in [3.05, 3.63) is 86.4 Å². The Kier molecular flexibility index (Phi) is 7.15. The van der Waals surface area contributed by atoms with Crippen molar-refractivity contribution in [1.82, 2.24) is 38.8 Å². The molecule has 0 radical (unpaired) electrons. The Bertz CT molecular complexity index is 1890. The summed E-state index contributed by atoms with van der Waals surface area (Å²) < 4.78 is 7.86. The molecule has 1 amide bonds. The molecule has 0 aliphatic carbocycles. The van der Waals surface area contributed by atoms with Gasteiger partial charge in [-0.1, -0.05) is 29.6 Å². The van der Waals surface area contributed by atoms with E-state index in [9.17, 15) is 9.59 Å². The standard InChI is InChI=1S/C28H29ClN10O2S/c1-15-8-19(16(2)31-21-6-7-23(29)32-25(21)26(40)35-42-5)24-20(9-15)27(41)37(4)28(33-24)38-11-17-12-39(34-22(17)14-38)18-10-30-36(3)13-18/h6-10,12-13,16,31H,11,14H2,1-5H3,(H,35,40). The summed E-state index contributed by atoms with van der Waals surface area (Å²) in [5.41, 5.74) is 5.81. The Balaban J connectivity index is 1.36. The number of hydrogen-bond acceptors (Lipinski definition) is 9. The number of amides is 1. The molecule has 14 heteroatoms. The molecular weight excluding hydrogens is 576 g/mol. The van der Waals surface area contributed by atoms with Crippen molar-refractivity contribution in [2.45, 2.75) is 33.0 Å². The van der Waals surface area contributed by atoms with Gasteiger partial charge >= 0.3 is 0 Å². The van der Waals surface area contributed by atoms with Crippen molar-refractivity contribution in [2.75, 3.05) is 16.5 Å². The van der Waals surface area contributed by atoms with Crippen molar-refractivity contribution >= 4 is 52.0 Å². The summed E-state index contributed by atoms with van der Waals surface area (Å²) in [4.78, 5) is 37.7. The molecule has 1 unspecified atom stereocenters. The van der Waals surface area contributed by atoms with Gasteiger partial charge in [0.05, 0.1) is 47.3 Å². The Morgan fingerprint density at radius 3 is 2.67 bits per heavy atom. The van der Waals surface area contributed by atoms with E-state index in [0.29, 0.717) is 35.6 Å². The number of hydrogen-bond donors (Lipinski definition) is 2. The number of nitrogens with one attached hydrogen (secondary N) is 2. The first kappa shape index (κ1) is 27.8. The summed E-state index contributed by atoms with van der Waals surface area (Å²) in [5, 5.41) is 13.1. The summed E-state index contributed by atoms with van der Waals surface area (Å²) in [7, 11) is 3.62. The zero-order chi connectivity index (χ0) is 29.7. The molecule has 1 aliphatic heterocycles. The molecule has 4 aromatic heterocycles. The van der Waals surface area contributed by atoms with Crippen molar-refractivity contribution in [3.8, 4) is 5.69 Å². The van der Waals surface area contributed by atoms with E-state index in [4.69, 9.17) is 21.7 Å². The molecular formula is C28H29ClN10O2S. The number of anilines is 2. The van der Waals surface area contributed by atoms with Crippen LogP contribution in [0.2, 0.25) is 5.15 Å². The second-order valence-electron chi connectivity index (χ2n) is 10.3. The highest BCUT2D eigenvalue weighted by Crippen LogP contribution is 2.31. The first-order chi connectivity index (χ1) is 20.1. The van der Waals surface area contributed by atoms with Crippen LogP contribution < -0.4 is 20.5 Å². The molecule has 1 aliphatic rings. The smallest absolute Gasteiger partial charge is 0.281 e. The summed E-state index contributed by atoms with van der Waals surface area (Å²) >= 11 is 7.28. The summed E-state index contributed by atoms with van der Waals surface area (Å²) in [6.07, 6.45) is 7.43. The van der Waals surface area contributed by atoms with Crippen molar-refractivity contribution in [2.24, 2.45) is 14.1 Å². The van der Waals surface area contributed by atoms with Gasteiger partial charge in [-0.2, -0.15) is 10.2 Å². The molecule has 5 aromatic rings. The summed E-state index contributed by atoms with van der Waals surface area (Å²) in [5.74, 6) is 0.200. The predicted molar refractivity (Wildman–Crippen MR) is 164 cm³/mol. The number of aryl methyl sites for hydroxylation is 2. The number of pyridine rings is 1. The third kappa shape index (κ3) is 4.98. The largest absolute Gasteiger partial charge is 0.377 e. The normalized spacial score (nSPS) is 13.4. The van der Waals surface area contributed by atoms with Gasteiger partial charge in [-0.25, -0.2) is 14.6 Å². The number of benzene rings is 1. The van der Waals surface area contributed by atoms with Gasteiger partial charge in [0.25, 0.3) is 11.5 Å². The maximum absolute atomic E-state index is 13.7. The average Bonchev–Trinajstić information content (AvgIpc) is 3.66. The van der Waals surface area contributed by atoms with Crippen LogP contribution in [0.3, 0.4) is 0 Å². The molecule has 1 aromatic carbocycles. The predicted octanol–water partition coefficient (Wildman–Crippen LogP) is 3.91. The average molecular weight is 605 g/mol. The van der Waals surface area contributed by atoms with Crippen LogP contribution in [-0.2, 0) is 27.2 Å².